The van der Waals surface area contributed by atoms with Gasteiger partial charge in [0.15, 0.2) is 0 Å². The molecule has 4 heterocycles. The van der Waals surface area contributed by atoms with Crippen molar-refractivity contribution in [1.82, 2.24) is 15.3 Å². The molecular formula is C17H21F3N5S2+. The molecule has 5 nitrogen and oxygen atoms in total. The van der Waals surface area contributed by atoms with E-state index in [4.69, 9.17) is 0 Å². The molecule has 2 aliphatic heterocycles. The first kappa shape index (κ1) is 18.8. The van der Waals surface area contributed by atoms with Gasteiger partial charge < -0.3 is 4.90 Å². The van der Waals surface area contributed by atoms with Crippen LogP contribution in [-0.4, -0.2) is 63.4 Å². The Balaban J connectivity index is 1.53. The van der Waals surface area contributed by atoms with E-state index in [0.717, 1.165) is 55.3 Å². The van der Waals surface area contributed by atoms with Gasteiger partial charge in [-0.3, -0.25) is 9.89 Å². The summed E-state index contributed by atoms with van der Waals surface area (Å²) in [5.74, 6) is 0.738. The largest absolute Gasteiger partial charge is 0.393 e. The third kappa shape index (κ3) is 4.16. The van der Waals surface area contributed by atoms with Crippen molar-refractivity contribution < 1.29 is 17.7 Å². The Kier molecular flexibility index (Phi) is 4.74. The van der Waals surface area contributed by atoms with Crippen LogP contribution in [0.1, 0.15) is 18.7 Å². The van der Waals surface area contributed by atoms with Crippen molar-refractivity contribution in [2.75, 3.05) is 37.6 Å². The van der Waals surface area contributed by atoms with Crippen molar-refractivity contribution in [3.05, 3.63) is 17.3 Å². The number of fused-ring (bicyclic) bond motifs is 1. The number of hydrogen-bond donors (Lipinski definition) is 1. The van der Waals surface area contributed by atoms with Gasteiger partial charge in [0.05, 0.1) is 36.2 Å². The van der Waals surface area contributed by atoms with Crippen molar-refractivity contribution in [3.63, 3.8) is 0 Å². The van der Waals surface area contributed by atoms with Gasteiger partial charge in [-0.25, -0.2) is 9.97 Å². The fourth-order valence-corrected chi connectivity index (χ4v) is 5.49. The molecule has 2 aliphatic rings. The van der Waals surface area contributed by atoms with Crippen LogP contribution < -0.4 is 10.2 Å². The second kappa shape index (κ2) is 6.80. The van der Waals surface area contributed by atoms with Gasteiger partial charge in [-0.15, -0.1) is 11.3 Å². The lowest BCUT2D eigenvalue weighted by Gasteiger charge is -2.29. The fraction of sp³-hybridized carbons (Fsp3) is 0.588. The van der Waals surface area contributed by atoms with Gasteiger partial charge in [0.25, 0.3) is 0 Å². The summed E-state index contributed by atoms with van der Waals surface area (Å²) in [6.45, 7) is 8.68. The molecule has 2 saturated heterocycles. The SMILES string of the molecule is CC1(C)CNC(=[N+]2CCN(c3ncnc4sc(CC(F)(F)F)cc34)CC2)S1. The summed E-state index contributed by atoms with van der Waals surface area (Å²) in [7, 11) is 0. The van der Waals surface area contributed by atoms with Crippen LogP contribution in [0.5, 0.6) is 0 Å². The van der Waals surface area contributed by atoms with Crippen LogP contribution in [0.2, 0.25) is 0 Å². The number of thiophene rings is 1. The molecule has 0 saturated carbocycles. The summed E-state index contributed by atoms with van der Waals surface area (Å²) in [6, 6.07) is 1.60. The molecule has 0 aliphatic carbocycles. The first-order valence-electron chi connectivity index (χ1n) is 8.80. The van der Waals surface area contributed by atoms with Crippen LogP contribution in [0.15, 0.2) is 12.4 Å². The zero-order chi connectivity index (χ0) is 19.2. The lowest BCUT2D eigenvalue weighted by Crippen LogP contribution is -2.45. The Morgan fingerprint density at radius 2 is 2.00 bits per heavy atom. The number of halogens is 3. The molecule has 0 atom stereocenters. The monoisotopic (exact) mass is 416 g/mol. The van der Waals surface area contributed by atoms with E-state index in [2.05, 4.69) is 38.6 Å². The summed E-state index contributed by atoms with van der Waals surface area (Å²) in [5, 5.41) is 5.42. The minimum absolute atomic E-state index is 0.205. The second-order valence-electron chi connectivity index (χ2n) is 7.42. The van der Waals surface area contributed by atoms with Crippen molar-refractivity contribution in [2.24, 2.45) is 0 Å². The molecule has 146 valence electrons. The number of nitrogens with zero attached hydrogens (tertiary/aromatic N) is 4. The predicted octanol–water partition coefficient (Wildman–Crippen LogP) is 3.10. The quantitative estimate of drug-likeness (QED) is 0.763. The highest BCUT2D eigenvalue weighted by Crippen LogP contribution is 2.34. The molecule has 2 fully saturated rings. The van der Waals surface area contributed by atoms with Crippen LogP contribution in [0.4, 0.5) is 19.0 Å². The Morgan fingerprint density at radius 3 is 2.63 bits per heavy atom. The van der Waals surface area contributed by atoms with Crippen molar-refractivity contribution >= 4 is 44.3 Å². The van der Waals surface area contributed by atoms with Crippen LogP contribution in [0.25, 0.3) is 10.2 Å². The molecule has 4 rings (SSSR count). The molecule has 0 bridgehead atoms. The minimum Gasteiger partial charge on any atom is -0.348 e. The van der Waals surface area contributed by atoms with E-state index in [9.17, 15) is 13.2 Å². The molecule has 0 aromatic carbocycles. The summed E-state index contributed by atoms with van der Waals surface area (Å²) >= 11 is 2.96. The van der Waals surface area contributed by atoms with E-state index in [1.165, 1.54) is 11.5 Å². The smallest absolute Gasteiger partial charge is 0.348 e. The Morgan fingerprint density at radius 1 is 1.26 bits per heavy atom. The first-order chi connectivity index (χ1) is 12.7. The molecule has 2 aromatic rings. The van der Waals surface area contributed by atoms with E-state index >= 15 is 0 Å². The van der Waals surface area contributed by atoms with E-state index in [-0.39, 0.29) is 9.62 Å². The van der Waals surface area contributed by atoms with E-state index in [0.29, 0.717) is 4.83 Å². The average molecular weight is 417 g/mol. The van der Waals surface area contributed by atoms with Gasteiger partial charge in [0.1, 0.15) is 30.1 Å². The zero-order valence-corrected chi connectivity index (χ0v) is 16.8. The van der Waals surface area contributed by atoms with Gasteiger partial charge in [0.2, 0.25) is 0 Å². The normalized spacial score (nSPS) is 20.4. The number of nitrogens with one attached hydrogen (secondary N) is 1. The van der Waals surface area contributed by atoms with Gasteiger partial charge in [0, 0.05) is 4.88 Å². The van der Waals surface area contributed by atoms with E-state index in [1.54, 1.807) is 6.07 Å². The first-order valence-corrected chi connectivity index (χ1v) is 10.4. The number of alkyl halides is 3. The number of amidine groups is 1. The lowest BCUT2D eigenvalue weighted by atomic mass is 10.2. The number of anilines is 1. The highest BCUT2D eigenvalue weighted by atomic mass is 32.2. The number of rotatable bonds is 2. The predicted molar refractivity (Wildman–Crippen MR) is 104 cm³/mol. The molecule has 0 spiro atoms. The third-order valence-electron chi connectivity index (χ3n) is 4.64. The molecule has 0 amide bonds. The Bertz CT molecular complexity index is 880. The van der Waals surface area contributed by atoms with Gasteiger partial charge in [-0.2, -0.15) is 13.2 Å². The second-order valence-corrected chi connectivity index (χ2v) is 10.2. The van der Waals surface area contributed by atoms with E-state index < -0.39 is 12.6 Å². The molecule has 2 aromatic heterocycles. The number of aromatic nitrogens is 2. The lowest BCUT2D eigenvalue weighted by molar-refractivity contribution is -0.528. The molecule has 0 unspecified atom stereocenters. The van der Waals surface area contributed by atoms with Crippen LogP contribution in [0.3, 0.4) is 0 Å². The Hall–Kier alpha value is -1.55. The highest BCUT2D eigenvalue weighted by molar-refractivity contribution is 8.15. The van der Waals surface area contributed by atoms with Crippen LogP contribution in [0, 0.1) is 0 Å². The maximum Gasteiger partial charge on any atom is 0.393 e. The molecular weight excluding hydrogens is 395 g/mol. The van der Waals surface area contributed by atoms with Crippen molar-refractivity contribution in [3.8, 4) is 0 Å². The fourth-order valence-electron chi connectivity index (χ4n) is 3.35. The van der Waals surface area contributed by atoms with Gasteiger partial charge in [-0.05, 0) is 31.7 Å². The number of piperazine rings is 1. The standard InChI is InChI=1S/C17H20F3N5S2/c1-16(2)9-21-15(27-16)25-5-3-24(4-6-25)13-12-7-11(8-17(18,19)20)26-14(12)23-10-22-13/h7,10H,3-6,8-9H2,1-2H3/p+1. The van der Waals surface area contributed by atoms with Crippen molar-refractivity contribution in [1.29, 1.82) is 0 Å². The Labute approximate surface area is 163 Å². The highest BCUT2D eigenvalue weighted by Gasteiger charge is 2.36. The summed E-state index contributed by atoms with van der Waals surface area (Å²) in [6.07, 6.45) is -3.68. The minimum atomic E-state index is -4.21. The van der Waals surface area contributed by atoms with Crippen LogP contribution in [-0.2, 0) is 6.42 Å². The van der Waals surface area contributed by atoms with Crippen LogP contribution >= 0.6 is 23.1 Å². The van der Waals surface area contributed by atoms with Gasteiger partial charge >= 0.3 is 11.3 Å². The summed E-state index contributed by atoms with van der Waals surface area (Å²) in [4.78, 5) is 11.6. The summed E-state index contributed by atoms with van der Waals surface area (Å²) in [5.41, 5.74) is 0. The van der Waals surface area contributed by atoms with Gasteiger partial charge in [-0.1, -0.05) is 0 Å². The van der Waals surface area contributed by atoms with E-state index in [1.807, 2.05) is 11.8 Å². The molecule has 0 radical (unpaired) electrons. The maximum atomic E-state index is 12.7. The average Bonchev–Trinajstić information content (AvgIpc) is 3.15. The third-order valence-corrected chi connectivity index (χ3v) is 6.97. The molecule has 27 heavy (non-hydrogen) atoms. The maximum absolute atomic E-state index is 12.7. The number of thioether (sulfide) groups is 1. The van der Waals surface area contributed by atoms with Crippen molar-refractivity contribution in [2.45, 2.75) is 31.2 Å². The zero-order valence-electron chi connectivity index (χ0n) is 15.1. The summed E-state index contributed by atoms with van der Waals surface area (Å²) < 4.78 is 40.7. The number of hydrogen-bond acceptors (Lipinski definition) is 5. The topological polar surface area (TPSA) is 44.1 Å². The molecule has 1 N–H and O–H groups in total. The molecule has 10 heteroatoms.